The van der Waals surface area contributed by atoms with Gasteiger partial charge >= 0.3 is 0 Å². The molecular weight excluding hydrogens is 311 g/mol. The molecule has 2 aromatic rings. The number of nitrogens with one attached hydrogen (secondary N) is 1. The third-order valence-corrected chi connectivity index (χ3v) is 2.86. The Morgan fingerprint density at radius 2 is 1.48 bits per heavy atom. The van der Waals surface area contributed by atoms with E-state index in [0.29, 0.717) is 6.07 Å². The lowest BCUT2D eigenvalue weighted by atomic mass is 10.1. The van der Waals surface area contributed by atoms with Crippen molar-refractivity contribution in [3.05, 3.63) is 58.9 Å². The zero-order chi connectivity index (χ0) is 15.7. The van der Waals surface area contributed by atoms with Gasteiger partial charge in [-0.2, -0.15) is 0 Å². The zero-order valence-electron chi connectivity index (χ0n) is 10.2. The van der Waals surface area contributed by atoms with Crippen molar-refractivity contribution < 1.29 is 22.0 Å². The molecule has 8 heteroatoms. The lowest BCUT2D eigenvalue weighted by Gasteiger charge is -2.11. The minimum Gasteiger partial charge on any atom is -0.389 e. The van der Waals surface area contributed by atoms with Crippen LogP contribution >= 0.6 is 12.2 Å². The van der Waals surface area contributed by atoms with Crippen molar-refractivity contribution in [2.45, 2.75) is 0 Å². The molecule has 0 bridgehead atoms. The predicted molar refractivity (Wildman–Crippen MR) is 71.8 cm³/mol. The number of benzene rings is 2. The van der Waals surface area contributed by atoms with Crippen molar-refractivity contribution in [1.29, 1.82) is 0 Å². The van der Waals surface area contributed by atoms with E-state index in [2.05, 4.69) is 12.2 Å². The molecule has 2 aromatic carbocycles. The molecule has 0 amide bonds. The van der Waals surface area contributed by atoms with Gasteiger partial charge in [-0.3, -0.25) is 0 Å². The van der Waals surface area contributed by atoms with Gasteiger partial charge in [-0.25, -0.2) is 22.0 Å². The molecule has 0 unspecified atom stereocenters. The summed E-state index contributed by atoms with van der Waals surface area (Å²) in [7, 11) is 0. The van der Waals surface area contributed by atoms with Crippen LogP contribution < -0.4 is 11.1 Å². The van der Waals surface area contributed by atoms with E-state index in [-0.39, 0.29) is 10.6 Å². The highest BCUT2D eigenvalue weighted by atomic mass is 32.1. The van der Waals surface area contributed by atoms with E-state index in [9.17, 15) is 22.0 Å². The van der Waals surface area contributed by atoms with Crippen LogP contribution in [0.4, 0.5) is 33.3 Å². The molecule has 3 N–H and O–H groups in total. The first-order chi connectivity index (χ1) is 9.81. The largest absolute Gasteiger partial charge is 0.389 e. The van der Waals surface area contributed by atoms with Gasteiger partial charge in [0, 0.05) is 5.56 Å². The summed E-state index contributed by atoms with van der Waals surface area (Å²) in [5.41, 5.74) is 3.83. The Morgan fingerprint density at radius 3 is 2.00 bits per heavy atom. The van der Waals surface area contributed by atoms with Crippen LogP contribution in [0.2, 0.25) is 0 Å². The SMILES string of the molecule is NC(=S)c1cc(F)c(Nc2ccc(F)c(F)c2F)c(F)c1. The number of anilines is 2. The molecule has 0 aliphatic carbocycles. The van der Waals surface area contributed by atoms with E-state index < -0.39 is 40.5 Å². The molecule has 110 valence electrons. The number of rotatable bonds is 3. The second kappa shape index (κ2) is 5.65. The van der Waals surface area contributed by atoms with Gasteiger partial charge in [-0.1, -0.05) is 12.2 Å². The molecule has 0 atom stereocenters. The smallest absolute Gasteiger partial charge is 0.196 e. The summed E-state index contributed by atoms with van der Waals surface area (Å²) in [5, 5.41) is 2.03. The van der Waals surface area contributed by atoms with Crippen LogP contribution in [0.25, 0.3) is 0 Å². The molecule has 21 heavy (non-hydrogen) atoms. The van der Waals surface area contributed by atoms with E-state index in [1.54, 1.807) is 0 Å². The lowest BCUT2D eigenvalue weighted by molar-refractivity contribution is 0.449. The third-order valence-electron chi connectivity index (χ3n) is 2.62. The quantitative estimate of drug-likeness (QED) is 0.514. The fraction of sp³-hybridized carbons (Fsp3) is 0. The number of thiocarbonyl (C=S) groups is 1. The fourth-order valence-electron chi connectivity index (χ4n) is 1.59. The molecule has 0 aromatic heterocycles. The van der Waals surface area contributed by atoms with Crippen molar-refractivity contribution >= 4 is 28.6 Å². The maximum absolute atomic E-state index is 13.8. The second-order valence-corrected chi connectivity index (χ2v) is 4.47. The van der Waals surface area contributed by atoms with Gasteiger partial charge in [0.25, 0.3) is 0 Å². The van der Waals surface area contributed by atoms with Gasteiger partial charge in [-0.05, 0) is 24.3 Å². The van der Waals surface area contributed by atoms with E-state index in [0.717, 1.165) is 18.2 Å². The highest BCUT2D eigenvalue weighted by molar-refractivity contribution is 7.80. The molecule has 0 aliphatic heterocycles. The van der Waals surface area contributed by atoms with E-state index in [1.165, 1.54) is 0 Å². The van der Waals surface area contributed by atoms with Gasteiger partial charge in [0.05, 0.1) is 5.69 Å². The zero-order valence-corrected chi connectivity index (χ0v) is 11.0. The van der Waals surface area contributed by atoms with Crippen LogP contribution in [-0.2, 0) is 0 Å². The Kier molecular flexibility index (Phi) is 4.08. The lowest BCUT2D eigenvalue weighted by Crippen LogP contribution is -2.11. The van der Waals surface area contributed by atoms with Crippen molar-refractivity contribution in [2.75, 3.05) is 5.32 Å². The molecule has 0 fully saturated rings. The first-order valence-corrected chi connectivity index (χ1v) is 5.91. The fourth-order valence-corrected chi connectivity index (χ4v) is 1.71. The summed E-state index contributed by atoms with van der Waals surface area (Å²) < 4.78 is 66.8. The Labute approximate surface area is 121 Å². The minimum absolute atomic E-state index is 0.0590. The van der Waals surface area contributed by atoms with Gasteiger partial charge < -0.3 is 11.1 Å². The van der Waals surface area contributed by atoms with Crippen LogP contribution in [0.3, 0.4) is 0 Å². The van der Waals surface area contributed by atoms with Crippen LogP contribution in [0.5, 0.6) is 0 Å². The summed E-state index contributed by atoms with van der Waals surface area (Å²) in [6.45, 7) is 0. The topological polar surface area (TPSA) is 38.0 Å². The van der Waals surface area contributed by atoms with Crippen LogP contribution in [-0.4, -0.2) is 4.99 Å². The average Bonchev–Trinajstić information content (AvgIpc) is 2.42. The molecule has 0 heterocycles. The second-order valence-electron chi connectivity index (χ2n) is 4.03. The molecule has 2 rings (SSSR count). The summed E-state index contributed by atoms with van der Waals surface area (Å²) in [4.78, 5) is -0.224. The molecule has 0 saturated carbocycles. The van der Waals surface area contributed by atoms with Gasteiger partial charge in [0.2, 0.25) is 0 Å². The number of halogens is 5. The Bertz CT molecular complexity index is 710. The minimum atomic E-state index is -1.75. The monoisotopic (exact) mass is 318 g/mol. The van der Waals surface area contributed by atoms with E-state index in [1.807, 2.05) is 5.32 Å². The summed E-state index contributed by atoms with van der Waals surface area (Å²) >= 11 is 4.58. The van der Waals surface area contributed by atoms with Crippen molar-refractivity contribution in [1.82, 2.24) is 0 Å². The number of hydrogen-bond acceptors (Lipinski definition) is 2. The van der Waals surface area contributed by atoms with Crippen molar-refractivity contribution in [3.63, 3.8) is 0 Å². The van der Waals surface area contributed by atoms with Crippen LogP contribution in [0.1, 0.15) is 5.56 Å². The summed E-state index contributed by atoms with van der Waals surface area (Å²) in [6, 6.07) is 3.12. The highest BCUT2D eigenvalue weighted by Gasteiger charge is 2.17. The maximum atomic E-state index is 13.8. The van der Waals surface area contributed by atoms with Crippen LogP contribution in [0, 0.1) is 29.1 Å². The normalized spacial score (nSPS) is 10.5. The van der Waals surface area contributed by atoms with E-state index in [4.69, 9.17) is 5.73 Å². The Morgan fingerprint density at radius 1 is 0.905 bits per heavy atom. The van der Waals surface area contributed by atoms with Crippen molar-refractivity contribution in [2.24, 2.45) is 5.73 Å². The van der Waals surface area contributed by atoms with Gasteiger partial charge in [0.1, 0.15) is 22.3 Å². The molecule has 0 saturated heterocycles. The van der Waals surface area contributed by atoms with Crippen LogP contribution in [0.15, 0.2) is 24.3 Å². The third kappa shape index (κ3) is 2.94. The molecule has 0 radical (unpaired) electrons. The highest BCUT2D eigenvalue weighted by Crippen LogP contribution is 2.28. The van der Waals surface area contributed by atoms with Gasteiger partial charge in [0.15, 0.2) is 17.5 Å². The first kappa shape index (κ1) is 15.2. The molecule has 0 spiro atoms. The number of nitrogens with two attached hydrogens (primary N) is 1. The number of hydrogen-bond donors (Lipinski definition) is 2. The Hall–Kier alpha value is -2.22. The van der Waals surface area contributed by atoms with Crippen molar-refractivity contribution in [3.8, 4) is 0 Å². The van der Waals surface area contributed by atoms with Gasteiger partial charge in [-0.15, -0.1) is 0 Å². The summed E-state index contributed by atoms with van der Waals surface area (Å²) in [6.07, 6.45) is 0. The summed E-state index contributed by atoms with van der Waals surface area (Å²) in [5.74, 6) is -6.97. The molecule has 0 aliphatic rings. The Balaban J connectivity index is 2.45. The first-order valence-electron chi connectivity index (χ1n) is 5.50. The molecular formula is C13H7F5N2S. The predicted octanol–water partition coefficient (Wildman–Crippen LogP) is 3.76. The standard InChI is InChI=1S/C13H7F5N2S/c14-6-1-2-9(11(18)10(6)17)20-12-7(15)3-5(13(19)21)4-8(12)16/h1-4,20H,(H2,19,21). The van der Waals surface area contributed by atoms with E-state index >= 15 is 0 Å². The average molecular weight is 318 g/mol. The molecule has 2 nitrogen and oxygen atoms in total. The maximum Gasteiger partial charge on any atom is 0.196 e.